The minimum Gasteiger partial charge on any atom is -0.550 e. The zero-order valence-electron chi connectivity index (χ0n) is 12.5. The van der Waals surface area contributed by atoms with Gasteiger partial charge in [0.05, 0.1) is 27.6 Å². The molecule has 6 nitrogen and oxygen atoms in total. The van der Waals surface area contributed by atoms with Crippen molar-refractivity contribution in [2.75, 3.05) is 27.7 Å². The van der Waals surface area contributed by atoms with Crippen LogP contribution in [0.5, 0.6) is 5.75 Å². The number of ether oxygens (including phenoxy) is 1. The van der Waals surface area contributed by atoms with E-state index in [1.54, 1.807) is 12.1 Å². The van der Waals surface area contributed by atoms with Gasteiger partial charge < -0.3 is 24.2 Å². The van der Waals surface area contributed by atoms with E-state index in [-0.39, 0.29) is 18.6 Å². The van der Waals surface area contributed by atoms with Crippen LogP contribution < -0.4 is 5.11 Å². The molecule has 0 saturated heterocycles. The van der Waals surface area contributed by atoms with Crippen LogP contribution in [0.1, 0.15) is 12.0 Å². The molecule has 0 aliphatic carbocycles. The first-order valence-corrected chi connectivity index (χ1v) is 6.63. The molecule has 0 aliphatic rings. The van der Waals surface area contributed by atoms with E-state index in [0.717, 1.165) is 0 Å². The highest BCUT2D eigenvalue weighted by Crippen LogP contribution is 2.12. The van der Waals surface area contributed by atoms with Crippen molar-refractivity contribution in [1.29, 1.82) is 0 Å². The van der Waals surface area contributed by atoms with Crippen molar-refractivity contribution in [2.45, 2.75) is 18.9 Å². The molecule has 21 heavy (non-hydrogen) atoms. The van der Waals surface area contributed by atoms with E-state index in [4.69, 9.17) is 4.74 Å². The van der Waals surface area contributed by atoms with Crippen LogP contribution in [0.4, 0.5) is 0 Å². The number of carboxylic acids is 1. The number of benzene rings is 1. The number of aromatic hydroxyl groups is 1. The summed E-state index contributed by atoms with van der Waals surface area (Å²) < 4.78 is 5.71. The van der Waals surface area contributed by atoms with E-state index in [9.17, 15) is 19.8 Å². The first-order valence-electron chi connectivity index (χ1n) is 6.63. The van der Waals surface area contributed by atoms with Gasteiger partial charge in [0.2, 0.25) is 0 Å². The van der Waals surface area contributed by atoms with Crippen LogP contribution in [0.3, 0.4) is 0 Å². The Morgan fingerprint density at radius 2 is 1.81 bits per heavy atom. The largest absolute Gasteiger partial charge is 0.550 e. The van der Waals surface area contributed by atoms with Gasteiger partial charge in [0.15, 0.2) is 6.10 Å². The number of nitrogens with zero attached hydrogens (tertiary/aromatic N) is 1. The number of hydrogen-bond acceptors (Lipinski definition) is 5. The number of phenols is 1. The van der Waals surface area contributed by atoms with E-state index >= 15 is 0 Å². The van der Waals surface area contributed by atoms with E-state index in [0.29, 0.717) is 16.6 Å². The zero-order valence-corrected chi connectivity index (χ0v) is 12.5. The average Bonchev–Trinajstić information content (AvgIpc) is 2.28. The van der Waals surface area contributed by atoms with E-state index in [1.807, 2.05) is 21.1 Å². The quantitative estimate of drug-likeness (QED) is 0.551. The second-order valence-electron chi connectivity index (χ2n) is 6.00. The second kappa shape index (κ2) is 7.08. The number of likely N-dealkylation sites (N-methyl/N-ethyl adjacent to an activating group) is 1. The lowest BCUT2D eigenvalue weighted by Crippen LogP contribution is -2.45. The van der Waals surface area contributed by atoms with Gasteiger partial charge in [0.25, 0.3) is 0 Å². The first-order chi connectivity index (χ1) is 9.65. The third-order valence-corrected chi connectivity index (χ3v) is 2.73. The Bertz CT molecular complexity index is 490. The van der Waals surface area contributed by atoms with Crippen molar-refractivity contribution >= 4 is 11.9 Å². The van der Waals surface area contributed by atoms with Gasteiger partial charge >= 0.3 is 5.97 Å². The molecule has 1 atom stereocenters. The first kappa shape index (κ1) is 17.0. The molecule has 1 aromatic carbocycles. The lowest BCUT2D eigenvalue weighted by molar-refractivity contribution is -0.873. The highest BCUT2D eigenvalue weighted by Gasteiger charge is 2.22. The monoisotopic (exact) mass is 295 g/mol. The highest BCUT2D eigenvalue weighted by molar-refractivity contribution is 5.73. The SMILES string of the molecule is C[N+](C)(C)CC(CC(=O)[O-])OC(=O)Cc1ccc(O)cc1. The predicted octanol–water partition coefficient (Wildman–Crippen LogP) is -0.307. The Morgan fingerprint density at radius 1 is 1.24 bits per heavy atom. The molecule has 0 amide bonds. The second-order valence-corrected chi connectivity index (χ2v) is 6.00. The average molecular weight is 295 g/mol. The molecule has 1 aromatic rings. The molecule has 0 heterocycles. The van der Waals surface area contributed by atoms with Gasteiger partial charge in [0.1, 0.15) is 12.3 Å². The van der Waals surface area contributed by atoms with Gasteiger partial charge in [-0.2, -0.15) is 0 Å². The molecule has 1 rings (SSSR count). The maximum absolute atomic E-state index is 11.9. The minimum absolute atomic E-state index is 0.0287. The predicted molar refractivity (Wildman–Crippen MR) is 74.2 cm³/mol. The molecule has 0 aromatic heterocycles. The number of quaternary nitrogens is 1. The third kappa shape index (κ3) is 7.31. The minimum atomic E-state index is -1.24. The van der Waals surface area contributed by atoms with Gasteiger partial charge in [-0.05, 0) is 17.7 Å². The fraction of sp³-hybridized carbons (Fsp3) is 0.467. The molecule has 1 N–H and O–H groups in total. The van der Waals surface area contributed by atoms with Crippen LogP contribution in [0.2, 0.25) is 0 Å². The Hall–Kier alpha value is -2.08. The number of carbonyl (C=O) groups is 2. The van der Waals surface area contributed by atoms with Gasteiger partial charge in [-0.25, -0.2) is 0 Å². The van der Waals surface area contributed by atoms with Crippen LogP contribution in [-0.2, 0) is 20.7 Å². The number of aliphatic carboxylic acids is 1. The molecule has 0 spiro atoms. The van der Waals surface area contributed by atoms with Crippen LogP contribution >= 0.6 is 0 Å². The Balaban J connectivity index is 2.62. The van der Waals surface area contributed by atoms with E-state index in [1.165, 1.54) is 12.1 Å². The van der Waals surface area contributed by atoms with Crippen molar-refractivity contribution in [3.8, 4) is 5.75 Å². The fourth-order valence-electron chi connectivity index (χ4n) is 1.95. The van der Waals surface area contributed by atoms with Gasteiger partial charge in [0, 0.05) is 12.4 Å². The van der Waals surface area contributed by atoms with Crippen molar-refractivity contribution in [3.05, 3.63) is 29.8 Å². The molecule has 1 unspecified atom stereocenters. The molecular formula is C15H21NO5. The van der Waals surface area contributed by atoms with Gasteiger partial charge in [-0.3, -0.25) is 4.79 Å². The van der Waals surface area contributed by atoms with Crippen LogP contribution in [-0.4, -0.2) is 55.3 Å². The molecule has 0 aliphatic heterocycles. The van der Waals surface area contributed by atoms with E-state index in [2.05, 4.69) is 0 Å². The number of carboxylic acid groups (broad SMARTS) is 1. The summed E-state index contributed by atoms with van der Waals surface area (Å²) in [6, 6.07) is 6.19. The summed E-state index contributed by atoms with van der Waals surface area (Å²) in [5.74, 6) is -1.63. The van der Waals surface area contributed by atoms with Crippen LogP contribution in [0, 0.1) is 0 Å². The summed E-state index contributed by atoms with van der Waals surface area (Å²) in [7, 11) is 5.66. The van der Waals surface area contributed by atoms with E-state index < -0.39 is 18.0 Å². The summed E-state index contributed by atoms with van der Waals surface area (Å²) in [5, 5.41) is 19.9. The van der Waals surface area contributed by atoms with Crippen LogP contribution in [0.25, 0.3) is 0 Å². The topological polar surface area (TPSA) is 86.7 Å². The molecule has 0 bridgehead atoms. The molecule has 116 valence electrons. The van der Waals surface area contributed by atoms with Crippen LogP contribution in [0.15, 0.2) is 24.3 Å². The molecular weight excluding hydrogens is 274 g/mol. The van der Waals surface area contributed by atoms with Gasteiger partial charge in [-0.1, -0.05) is 12.1 Å². The number of esters is 1. The van der Waals surface area contributed by atoms with Crippen molar-refractivity contribution in [2.24, 2.45) is 0 Å². The number of rotatable bonds is 7. The van der Waals surface area contributed by atoms with Crippen molar-refractivity contribution < 1.29 is 29.0 Å². The highest BCUT2D eigenvalue weighted by atomic mass is 16.5. The summed E-state index contributed by atoms with van der Waals surface area (Å²) in [4.78, 5) is 22.6. The normalized spacial score (nSPS) is 12.7. The Kier molecular flexibility index (Phi) is 5.72. The maximum Gasteiger partial charge on any atom is 0.310 e. The van der Waals surface area contributed by atoms with Crippen molar-refractivity contribution in [1.82, 2.24) is 0 Å². The lowest BCUT2D eigenvalue weighted by Gasteiger charge is -2.29. The summed E-state index contributed by atoms with van der Waals surface area (Å²) in [6.45, 7) is 0.384. The summed E-state index contributed by atoms with van der Waals surface area (Å²) in [5.41, 5.74) is 0.690. The zero-order chi connectivity index (χ0) is 16.0. The summed E-state index contributed by atoms with van der Waals surface area (Å²) >= 11 is 0. The smallest absolute Gasteiger partial charge is 0.310 e. The Morgan fingerprint density at radius 3 is 2.29 bits per heavy atom. The number of phenolic OH excluding ortho intramolecular Hbond substituents is 1. The number of hydrogen-bond donors (Lipinski definition) is 1. The number of carbonyl (C=O) groups excluding carboxylic acids is 2. The summed E-state index contributed by atoms with van der Waals surface area (Å²) in [6.07, 6.45) is -1.02. The van der Waals surface area contributed by atoms with Crippen molar-refractivity contribution in [3.63, 3.8) is 0 Å². The standard InChI is InChI=1S/C15H21NO5/c1-16(2,3)10-13(9-14(18)19)21-15(20)8-11-4-6-12(17)7-5-11/h4-7,13H,8-10H2,1-3H3,(H-,17,18,19). The Labute approximate surface area is 124 Å². The van der Waals surface area contributed by atoms with Gasteiger partial charge in [-0.15, -0.1) is 0 Å². The maximum atomic E-state index is 11.9. The fourth-order valence-corrected chi connectivity index (χ4v) is 1.95. The molecule has 0 saturated carbocycles. The molecule has 0 fully saturated rings. The third-order valence-electron chi connectivity index (χ3n) is 2.73. The molecule has 0 radical (unpaired) electrons. The lowest BCUT2D eigenvalue weighted by atomic mass is 10.1. The molecule has 6 heteroatoms.